The molecule has 2 atom stereocenters. The zero-order chi connectivity index (χ0) is 18.9. The van der Waals surface area contributed by atoms with Gasteiger partial charge in [0.25, 0.3) is 0 Å². The van der Waals surface area contributed by atoms with Crippen LogP contribution >= 0.6 is 0 Å². The van der Waals surface area contributed by atoms with Gasteiger partial charge in [0.15, 0.2) is 0 Å². The predicted octanol–water partition coefficient (Wildman–Crippen LogP) is 3.84. The van der Waals surface area contributed by atoms with E-state index in [1.165, 1.54) is 0 Å². The van der Waals surface area contributed by atoms with Crippen LogP contribution in [0.1, 0.15) is 43.3 Å². The number of benzene rings is 1. The minimum Gasteiger partial charge on any atom is -0.406 e. The minimum atomic E-state index is -5.01. The zero-order valence-corrected chi connectivity index (χ0v) is 12.4. The molecular formula is C13H17F4NO2S. The quantitative estimate of drug-likeness (QED) is 0.852. The van der Waals surface area contributed by atoms with E-state index in [4.69, 9.17) is 4.11 Å². The molecule has 1 N–H and O–H groups in total. The summed E-state index contributed by atoms with van der Waals surface area (Å²) in [4.78, 5) is 0. The number of hydrogen-bond acceptors (Lipinski definition) is 2. The van der Waals surface area contributed by atoms with Crippen molar-refractivity contribution in [1.29, 1.82) is 0 Å². The number of nitrogens with one attached hydrogen (secondary N) is 1. The fourth-order valence-corrected chi connectivity index (χ4v) is 1.98. The number of alkyl halides is 3. The molecule has 0 spiro atoms. The number of ether oxygens (including phenoxy) is 1. The SMILES string of the molecule is [2H]C([2H])([2H])[C@@H](N[S@@](=O)C(C)(C)C)c1cc(OC(F)(F)F)ccc1F. The summed E-state index contributed by atoms with van der Waals surface area (Å²) in [6.07, 6.45) is -5.01. The molecule has 0 heterocycles. The highest BCUT2D eigenvalue weighted by Gasteiger charge is 2.31. The van der Waals surface area contributed by atoms with Crippen LogP contribution in [0.2, 0.25) is 0 Å². The molecule has 0 aliphatic heterocycles. The van der Waals surface area contributed by atoms with Crippen molar-refractivity contribution >= 4 is 11.0 Å². The van der Waals surface area contributed by atoms with Gasteiger partial charge in [0.2, 0.25) is 0 Å². The van der Waals surface area contributed by atoms with E-state index < -0.39 is 52.1 Å². The monoisotopic (exact) mass is 330 g/mol. The Morgan fingerprint density at radius 1 is 1.33 bits per heavy atom. The fourth-order valence-electron chi connectivity index (χ4n) is 1.29. The smallest absolute Gasteiger partial charge is 0.406 e. The van der Waals surface area contributed by atoms with Crippen LogP contribution in [-0.4, -0.2) is 15.3 Å². The predicted molar refractivity (Wildman–Crippen MR) is 72.5 cm³/mol. The lowest BCUT2D eigenvalue weighted by Gasteiger charge is -2.22. The first kappa shape index (κ1) is 13.5. The summed E-state index contributed by atoms with van der Waals surface area (Å²) in [6.45, 7) is 1.84. The van der Waals surface area contributed by atoms with Gasteiger partial charge in [-0.25, -0.2) is 13.3 Å². The first-order valence-electron chi connectivity index (χ1n) is 7.34. The van der Waals surface area contributed by atoms with Gasteiger partial charge >= 0.3 is 6.36 Å². The van der Waals surface area contributed by atoms with Gasteiger partial charge in [0, 0.05) is 15.7 Å². The van der Waals surface area contributed by atoms with Crippen molar-refractivity contribution in [3.63, 3.8) is 0 Å². The Morgan fingerprint density at radius 3 is 2.43 bits per heavy atom. The van der Waals surface area contributed by atoms with Gasteiger partial charge < -0.3 is 4.74 Å². The van der Waals surface area contributed by atoms with Crippen LogP contribution in [0.15, 0.2) is 18.2 Å². The molecule has 3 nitrogen and oxygen atoms in total. The molecule has 0 unspecified atom stereocenters. The van der Waals surface area contributed by atoms with E-state index in [0.29, 0.717) is 12.1 Å². The maximum atomic E-state index is 14.0. The van der Waals surface area contributed by atoms with Crippen molar-refractivity contribution in [3.05, 3.63) is 29.6 Å². The largest absolute Gasteiger partial charge is 0.573 e. The summed E-state index contributed by atoms with van der Waals surface area (Å²) >= 11 is 0. The molecule has 0 aromatic heterocycles. The Hall–Kier alpha value is -1.15. The molecule has 0 aliphatic carbocycles. The topological polar surface area (TPSA) is 38.3 Å². The molecule has 1 aromatic carbocycles. The van der Waals surface area contributed by atoms with Gasteiger partial charge in [-0.3, -0.25) is 0 Å². The standard InChI is InChI=1S/C13H17F4NO2S/c1-8(18-21(19)12(2,3)4)10-7-9(5-6-11(10)14)20-13(15,16)17/h5-8,18H,1-4H3/t8-,21+/m1/s1/i1D3. The lowest BCUT2D eigenvalue weighted by molar-refractivity contribution is -0.274. The summed E-state index contributed by atoms with van der Waals surface area (Å²) in [5.41, 5.74) is -0.589. The van der Waals surface area contributed by atoms with Gasteiger partial charge in [0.1, 0.15) is 11.6 Å². The van der Waals surface area contributed by atoms with E-state index in [0.717, 1.165) is 6.07 Å². The van der Waals surface area contributed by atoms with E-state index >= 15 is 0 Å². The highest BCUT2D eigenvalue weighted by atomic mass is 32.2. The summed E-state index contributed by atoms with van der Waals surface area (Å²) in [5.74, 6) is -1.82. The molecule has 21 heavy (non-hydrogen) atoms. The van der Waals surface area contributed by atoms with Gasteiger partial charge in [-0.15, -0.1) is 13.2 Å². The van der Waals surface area contributed by atoms with Crippen molar-refractivity contribution < 1.29 is 30.6 Å². The normalized spacial score (nSPS) is 18.3. The Morgan fingerprint density at radius 2 is 1.95 bits per heavy atom. The van der Waals surface area contributed by atoms with Crippen molar-refractivity contribution in [2.75, 3.05) is 0 Å². The molecule has 8 heteroatoms. The van der Waals surface area contributed by atoms with E-state index in [1.54, 1.807) is 20.8 Å². The molecular weight excluding hydrogens is 310 g/mol. The fraction of sp³-hybridized carbons (Fsp3) is 0.538. The van der Waals surface area contributed by atoms with E-state index in [2.05, 4.69) is 9.46 Å². The summed E-state index contributed by atoms with van der Waals surface area (Å²) in [6, 6.07) is 0.252. The summed E-state index contributed by atoms with van der Waals surface area (Å²) < 4.78 is 90.5. The number of halogens is 4. The van der Waals surface area contributed by atoms with Crippen LogP contribution in [0, 0.1) is 5.82 Å². The number of rotatable bonds is 4. The molecule has 0 saturated carbocycles. The molecule has 1 rings (SSSR count). The van der Waals surface area contributed by atoms with E-state index in [1.807, 2.05) is 0 Å². The maximum absolute atomic E-state index is 14.0. The average molecular weight is 330 g/mol. The van der Waals surface area contributed by atoms with Crippen molar-refractivity contribution in [3.8, 4) is 5.75 Å². The molecule has 1 aromatic rings. The third-order valence-electron chi connectivity index (χ3n) is 2.29. The Labute approximate surface area is 127 Å². The third kappa shape index (κ3) is 5.62. The molecule has 0 saturated heterocycles. The first-order valence-corrected chi connectivity index (χ1v) is 6.99. The molecule has 0 aliphatic rings. The minimum absolute atomic E-state index is 0.589. The molecule has 0 radical (unpaired) electrons. The van der Waals surface area contributed by atoms with Gasteiger partial charge in [-0.05, 0) is 45.8 Å². The Kier molecular flexibility index (Phi) is 4.06. The summed E-state index contributed by atoms with van der Waals surface area (Å²) in [5, 5.41) is 0. The Bertz CT molecular complexity index is 615. The van der Waals surface area contributed by atoms with Gasteiger partial charge in [-0.1, -0.05) is 0 Å². The molecule has 0 amide bonds. The highest BCUT2D eigenvalue weighted by Crippen LogP contribution is 2.28. The van der Waals surface area contributed by atoms with Crippen LogP contribution in [0.5, 0.6) is 5.75 Å². The second-order valence-corrected chi connectivity index (χ2v) is 7.16. The van der Waals surface area contributed by atoms with Crippen LogP contribution in [0.25, 0.3) is 0 Å². The van der Waals surface area contributed by atoms with Crippen molar-refractivity contribution in [2.24, 2.45) is 0 Å². The molecule has 0 fully saturated rings. The maximum Gasteiger partial charge on any atom is 0.573 e. The van der Waals surface area contributed by atoms with Crippen molar-refractivity contribution in [2.45, 2.75) is 44.8 Å². The van der Waals surface area contributed by atoms with Crippen LogP contribution < -0.4 is 9.46 Å². The molecule has 0 bridgehead atoms. The highest BCUT2D eigenvalue weighted by molar-refractivity contribution is 7.84. The zero-order valence-electron chi connectivity index (χ0n) is 14.5. The average Bonchev–Trinajstić information content (AvgIpc) is 2.34. The van der Waals surface area contributed by atoms with Gasteiger partial charge in [0.05, 0.1) is 15.7 Å². The number of hydrogen-bond donors (Lipinski definition) is 1. The lowest BCUT2D eigenvalue weighted by Crippen LogP contribution is -2.35. The van der Waals surface area contributed by atoms with Crippen molar-refractivity contribution in [1.82, 2.24) is 4.72 Å². The lowest BCUT2D eigenvalue weighted by atomic mass is 10.1. The second kappa shape index (κ2) is 6.31. The first-order chi connectivity index (χ1) is 10.6. The Balaban J connectivity index is 3.28. The third-order valence-corrected chi connectivity index (χ3v) is 3.86. The second-order valence-electron chi connectivity index (χ2n) is 5.16. The van der Waals surface area contributed by atoms with Crippen LogP contribution in [0.4, 0.5) is 17.6 Å². The van der Waals surface area contributed by atoms with E-state index in [9.17, 15) is 21.8 Å². The molecule has 120 valence electrons. The van der Waals surface area contributed by atoms with E-state index in [-0.39, 0.29) is 0 Å². The summed E-state index contributed by atoms with van der Waals surface area (Å²) in [7, 11) is -1.89. The van der Waals surface area contributed by atoms with Gasteiger partial charge in [-0.2, -0.15) is 0 Å². The van der Waals surface area contributed by atoms with Crippen LogP contribution in [0.3, 0.4) is 0 Å². The van der Waals surface area contributed by atoms with Crippen LogP contribution in [-0.2, 0) is 11.0 Å².